The maximum Gasteiger partial charge on any atom is 0.289 e. The van der Waals surface area contributed by atoms with Crippen LogP contribution in [0.15, 0.2) is 18.2 Å². The standard InChI is InChI=1S/C11H15ClN2O2/c1-8(2)5-6-13-9-3-4-10(12)11(7-9)14(15)16/h3-4,7-8,13H,5-6H2,1-2H3. The summed E-state index contributed by atoms with van der Waals surface area (Å²) < 4.78 is 0. The Bertz CT molecular complexity index is 380. The number of nitro groups is 1. The van der Waals surface area contributed by atoms with Gasteiger partial charge in [0.25, 0.3) is 5.69 Å². The van der Waals surface area contributed by atoms with Crippen molar-refractivity contribution < 1.29 is 4.92 Å². The number of nitro benzene ring substituents is 1. The minimum absolute atomic E-state index is 0.0591. The minimum atomic E-state index is -0.476. The van der Waals surface area contributed by atoms with Crippen molar-refractivity contribution in [1.82, 2.24) is 0 Å². The number of rotatable bonds is 5. The quantitative estimate of drug-likeness (QED) is 0.633. The Hall–Kier alpha value is -1.29. The van der Waals surface area contributed by atoms with Gasteiger partial charge in [-0.05, 0) is 24.5 Å². The average molecular weight is 243 g/mol. The molecule has 0 bridgehead atoms. The molecule has 0 spiro atoms. The summed E-state index contributed by atoms with van der Waals surface area (Å²) in [7, 11) is 0. The molecule has 0 saturated heterocycles. The molecule has 0 aliphatic rings. The van der Waals surface area contributed by atoms with E-state index >= 15 is 0 Å². The number of nitrogens with one attached hydrogen (secondary N) is 1. The van der Waals surface area contributed by atoms with Crippen molar-refractivity contribution in [2.24, 2.45) is 5.92 Å². The summed E-state index contributed by atoms with van der Waals surface area (Å²) in [6, 6.07) is 4.75. The highest BCUT2D eigenvalue weighted by atomic mass is 35.5. The highest BCUT2D eigenvalue weighted by Gasteiger charge is 2.12. The minimum Gasteiger partial charge on any atom is -0.385 e. The van der Waals surface area contributed by atoms with Crippen LogP contribution < -0.4 is 5.32 Å². The molecule has 0 aliphatic heterocycles. The van der Waals surface area contributed by atoms with Crippen molar-refractivity contribution >= 4 is 23.0 Å². The molecule has 0 radical (unpaired) electrons. The van der Waals surface area contributed by atoms with Crippen LogP contribution in [0.5, 0.6) is 0 Å². The van der Waals surface area contributed by atoms with Crippen molar-refractivity contribution in [2.75, 3.05) is 11.9 Å². The molecule has 1 aromatic rings. The van der Waals surface area contributed by atoms with Gasteiger partial charge in [0.15, 0.2) is 0 Å². The zero-order chi connectivity index (χ0) is 12.1. The average Bonchev–Trinajstić information content (AvgIpc) is 2.19. The fraction of sp³-hybridized carbons (Fsp3) is 0.455. The van der Waals surface area contributed by atoms with Gasteiger partial charge in [-0.1, -0.05) is 25.4 Å². The molecule has 0 unspecified atom stereocenters. The smallest absolute Gasteiger partial charge is 0.289 e. The number of hydrogen-bond donors (Lipinski definition) is 1. The third-order valence-corrected chi connectivity index (χ3v) is 2.51. The first-order valence-electron chi connectivity index (χ1n) is 5.18. The van der Waals surface area contributed by atoms with Gasteiger partial charge in [0, 0.05) is 18.3 Å². The summed E-state index contributed by atoms with van der Waals surface area (Å²) in [4.78, 5) is 10.2. The van der Waals surface area contributed by atoms with Crippen LogP contribution in [0.2, 0.25) is 5.02 Å². The Morgan fingerprint density at radius 3 is 2.75 bits per heavy atom. The van der Waals surface area contributed by atoms with Gasteiger partial charge in [-0.25, -0.2) is 0 Å². The van der Waals surface area contributed by atoms with Crippen molar-refractivity contribution in [3.8, 4) is 0 Å². The molecule has 5 heteroatoms. The van der Waals surface area contributed by atoms with Crippen LogP contribution in [0.4, 0.5) is 11.4 Å². The Balaban J connectivity index is 2.68. The summed E-state index contributed by atoms with van der Waals surface area (Å²) in [5, 5.41) is 14.0. The van der Waals surface area contributed by atoms with E-state index in [2.05, 4.69) is 19.2 Å². The fourth-order valence-electron chi connectivity index (χ4n) is 1.27. The molecule has 0 fully saturated rings. The molecule has 1 aromatic carbocycles. The number of hydrogen-bond acceptors (Lipinski definition) is 3. The van der Waals surface area contributed by atoms with Crippen LogP contribution in [0, 0.1) is 16.0 Å². The Morgan fingerprint density at radius 2 is 2.19 bits per heavy atom. The van der Waals surface area contributed by atoms with Crippen LogP contribution in [-0.2, 0) is 0 Å². The first kappa shape index (κ1) is 12.8. The summed E-state index contributed by atoms with van der Waals surface area (Å²) >= 11 is 5.71. The fourth-order valence-corrected chi connectivity index (χ4v) is 1.45. The molecular formula is C11H15ClN2O2. The molecule has 0 heterocycles. The van der Waals surface area contributed by atoms with Crippen molar-refractivity contribution in [3.63, 3.8) is 0 Å². The summed E-state index contributed by atoms with van der Waals surface area (Å²) in [5.41, 5.74) is 0.674. The lowest BCUT2D eigenvalue weighted by Crippen LogP contribution is -2.05. The van der Waals surface area contributed by atoms with Gasteiger partial charge in [-0.2, -0.15) is 0 Å². The predicted octanol–water partition coefficient (Wildman–Crippen LogP) is 3.71. The van der Waals surface area contributed by atoms with Gasteiger partial charge >= 0.3 is 0 Å². The van der Waals surface area contributed by atoms with Crippen molar-refractivity contribution in [1.29, 1.82) is 0 Å². The van der Waals surface area contributed by atoms with E-state index < -0.39 is 4.92 Å². The number of anilines is 1. The third-order valence-electron chi connectivity index (χ3n) is 2.19. The first-order valence-corrected chi connectivity index (χ1v) is 5.56. The molecular weight excluding hydrogens is 228 g/mol. The van der Waals surface area contributed by atoms with E-state index in [1.165, 1.54) is 12.1 Å². The van der Waals surface area contributed by atoms with Gasteiger partial charge in [0.05, 0.1) is 4.92 Å². The second-order valence-corrected chi connectivity index (χ2v) is 4.44. The topological polar surface area (TPSA) is 55.2 Å². The maximum absolute atomic E-state index is 10.6. The molecule has 16 heavy (non-hydrogen) atoms. The number of halogens is 1. The number of nitrogens with zero attached hydrogens (tertiary/aromatic N) is 1. The predicted molar refractivity (Wildman–Crippen MR) is 66.1 cm³/mol. The van der Waals surface area contributed by atoms with E-state index in [0.717, 1.165) is 18.7 Å². The van der Waals surface area contributed by atoms with Gasteiger partial charge in [0.2, 0.25) is 0 Å². The highest BCUT2D eigenvalue weighted by molar-refractivity contribution is 6.32. The molecule has 0 aliphatic carbocycles. The third kappa shape index (κ3) is 3.70. The zero-order valence-electron chi connectivity index (χ0n) is 9.37. The molecule has 88 valence electrons. The van der Waals surface area contributed by atoms with E-state index in [-0.39, 0.29) is 10.7 Å². The van der Waals surface area contributed by atoms with Gasteiger partial charge in [-0.3, -0.25) is 10.1 Å². The van der Waals surface area contributed by atoms with Crippen LogP contribution in [0.1, 0.15) is 20.3 Å². The molecule has 0 aromatic heterocycles. The van der Waals surface area contributed by atoms with Gasteiger partial charge < -0.3 is 5.32 Å². The monoisotopic (exact) mass is 242 g/mol. The lowest BCUT2D eigenvalue weighted by Gasteiger charge is -2.08. The van der Waals surface area contributed by atoms with E-state index in [0.29, 0.717) is 5.92 Å². The van der Waals surface area contributed by atoms with Crippen molar-refractivity contribution in [3.05, 3.63) is 33.3 Å². The Morgan fingerprint density at radius 1 is 1.50 bits per heavy atom. The first-order chi connectivity index (χ1) is 7.50. The van der Waals surface area contributed by atoms with E-state index in [4.69, 9.17) is 11.6 Å². The second kappa shape index (κ2) is 5.70. The van der Waals surface area contributed by atoms with Crippen LogP contribution in [-0.4, -0.2) is 11.5 Å². The summed E-state index contributed by atoms with van der Waals surface area (Å²) in [5.74, 6) is 0.606. The van der Waals surface area contributed by atoms with Gasteiger partial charge in [-0.15, -0.1) is 0 Å². The Kier molecular flexibility index (Phi) is 4.55. The van der Waals surface area contributed by atoms with E-state index in [9.17, 15) is 10.1 Å². The van der Waals surface area contributed by atoms with Crippen LogP contribution in [0.3, 0.4) is 0 Å². The van der Waals surface area contributed by atoms with Crippen molar-refractivity contribution in [2.45, 2.75) is 20.3 Å². The largest absolute Gasteiger partial charge is 0.385 e. The molecule has 0 atom stereocenters. The normalized spacial score (nSPS) is 10.5. The SMILES string of the molecule is CC(C)CCNc1ccc(Cl)c([N+](=O)[O-])c1. The number of benzene rings is 1. The summed E-state index contributed by atoms with van der Waals surface area (Å²) in [6.07, 6.45) is 1.02. The molecule has 0 amide bonds. The van der Waals surface area contributed by atoms with Crippen LogP contribution >= 0.6 is 11.6 Å². The zero-order valence-corrected chi connectivity index (χ0v) is 10.1. The highest BCUT2D eigenvalue weighted by Crippen LogP contribution is 2.27. The lowest BCUT2D eigenvalue weighted by atomic mass is 10.1. The maximum atomic E-state index is 10.6. The molecule has 4 nitrogen and oxygen atoms in total. The van der Waals surface area contributed by atoms with Crippen LogP contribution in [0.25, 0.3) is 0 Å². The molecule has 1 rings (SSSR count). The van der Waals surface area contributed by atoms with E-state index in [1.807, 2.05) is 0 Å². The lowest BCUT2D eigenvalue weighted by molar-refractivity contribution is -0.384. The second-order valence-electron chi connectivity index (χ2n) is 4.03. The molecule has 1 N–H and O–H groups in total. The Labute approximate surface area is 99.8 Å². The van der Waals surface area contributed by atoms with Gasteiger partial charge in [0.1, 0.15) is 5.02 Å². The molecule has 0 saturated carbocycles. The summed E-state index contributed by atoms with van der Waals surface area (Å²) in [6.45, 7) is 5.06. The van der Waals surface area contributed by atoms with E-state index in [1.54, 1.807) is 6.07 Å².